The Hall–Kier alpha value is -0.820. The van der Waals surface area contributed by atoms with E-state index in [1.54, 1.807) is 11.1 Å². The number of fused-ring (bicyclic) bond motifs is 3. The first-order chi connectivity index (χ1) is 9.79. The zero-order chi connectivity index (χ0) is 13.5. The molecule has 2 bridgehead atoms. The van der Waals surface area contributed by atoms with Gasteiger partial charge in [0.25, 0.3) is 0 Å². The third-order valence-electron chi connectivity index (χ3n) is 6.23. The fourth-order valence-electron chi connectivity index (χ4n) is 5.07. The smallest absolute Gasteiger partial charge is 0.0208 e. The summed E-state index contributed by atoms with van der Waals surface area (Å²) < 4.78 is 0. The molecule has 20 heavy (non-hydrogen) atoms. The Labute approximate surface area is 123 Å². The van der Waals surface area contributed by atoms with Gasteiger partial charge >= 0.3 is 0 Å². The third-order valence-corrected chi connectivity index (χ3v) is 6.23. The Morgan fingerprint density at radius 3 is 2.85 bits per heavy atom. The van der Waals surface area contributed by atoms with Crippen molar-refractivity contribution in [2.24, 2.45) is 17.8 Å². The fraction of sp³-hybridized carbons (Fsp3) is 0.684. The average molecular weight is 269 g/mol. The number of aryl methyl sites for hydroxylation is 2. The molecule has 4 atom stereocenters. The molecule has 0 heterocycles. The van der Waals surface area contributed by atoms with Gasteiger partial charge in [-0.25, -0.2) is 0 Å². The minimum atomic E-state index is 0.693. The van der Waals surface area contributed by atoms with Crippen molar-refractivity contribution in [3.63, 3.8) is 0 Å². The molecule has 1 heteroatoms. The van der Waals surface area contributed by atoms with Crippen LogP contribution in [0.3, 0.4) is 0 Å². The first kappa shape index (κ1) is 12.9. The quantitative estimate of drug-likeness (QED) is 0.868. The van der Waals surface area contributed by atoms with Gasteiger partial charge in [0.05, 0.1) is 0 Å². The van der Waals surface area contributed by atoms with Gasteiger partial charge in [-0.1, -0.05) is 24.6 Å². The lowest BCUT2D eigenvalue weighted by Gasteiger charge is -2.28. The summed E-state index contributed by atoms with van der Waals surface area (Å²) in [5.41, 5.74) is 4.69. The maximum Gasteiger partial charge on any atom is 0.0208 e. The highest BCUT2D eigenvalue weighted by atomic mass is 14.9. The van der Waals surface area contributed by atoms with E-state index in [0.717, 1.165) is 24.3 Å². The Morgan fingerprint density at radius 1 is 1.15 bits per heavy atom. The van der Waals surface area contributed by atoms with Crippen molar-refractivity contribution in [2.45, 2.75) is 64.5 Å². The maximum absolute atomic E-state index is 3.82. The standard InChI is InChI=1S/C19H27N/c1-13(19-11-14-5-8-18(19)9-14)20-12-15-6-7-16-3-2-4-17(16)10-15/h6-7,10,13-14,18-20H,2-5,8-9,11-12H2,1H3. The van der Waals surface area contributed by atoms with Crippen LogP contribution in [0.2, 0.25) is 0 Å². The van der Waals surface area contributed by atoms with Crippen LogP contribution in [0.1, 0.15) is 55.7 Å². The van der Waals surface area contributed by atoms with E-state index in [2.05, 4.69) is 30.4 Å². The Balaban J connectivity index is 1.36. The van der Waals surface area contributed by atoms with Crippen molar-refractivity contribution < 1.29 is 0 Å². The summed E-state index contributed by atoms with van der Waals surface area (Å²) in [6.07, 6.45) is 9.97. The second-order valence-corrected chi connectivity index (χ2v) is 7.46. The lowest BCUT2D eigenvalue weighted by Crippen LogP contribution is -2.35. The predicted molar refractivity (Wildman–Crippen MR) is 83.7 cm³/mol. The molecular weight excluding hydrogens is 242 g/mol. The minimum Gasteiger partial charge on any atom is -0.310 e. The maximum atomic E-state index is 3.82. The van der Waals surface area contributed by atoms with Crippen LogP contribution in [0, 0.1) is 17.8 Å². The van der Waals surface area contributed by atoms with Crippen molar-refractivity contribution in [3.8, 4) is 0 Å². The van der Waals surface area contributed by atoms with Gasteiger partial charge in [0.15, 0.2) is 0 Å². The molecule has 1 N–H and O–H groups in total. The zero-order valence-electron chi connectivity index (χ0n) is 12.7. The number of hydrogen-bond donors (Lipinski definition) is 1. The normalized spacial score (nSPS) is 32.5. The molecule has 0 aliphatic heterocycles. The molecule has 1 aromatic rings. The van der Waals surface area contributed by atoms with Crippen molar-refractivity contribution in [2.75, 3.05) is 0 Å². The van der Waals surface area contributed by atoms with E-state index >= 15 is 0 Å². The van der Waals surface area contributed by atoms with Gasteiger partial charge in [0.1, 0.15) is 0 Å². The van der Waals surface area contributed by atoms with Crippen molar-refractivity contribution in [1.82, 2.24) is 5.32 Å². The van der Waals surface area contributed by atoms with E-state index in [0.29, 0.717) is 6.04 Å². The Kier molecular flexibility index (Phi) is 3.34. The molecule has 3 aliphatic carbocycles. The molecular formula is C19H27N. The van der Waals surface area contributed by atoms with Gasteiger partial charge < -0.3 is 5.32 Å². The van der Waals surface area contributed by atoms with Crippen LogP contribution < -0.4 is 5.32 Å². The summed E-state index contributed by atoms with van der Waals surface area (Å²) in [7, 11) is 0. The molecule has 108 valence electrons. The molecule has 4 unspecified atom stereocenters. The lowest BCUT2D eigenvalue weighted by atomic mass is 9.84. The van der Waals surface area contributed by atoms with E-state index in [9.17, 15) is 0 Å². The van der Waals surface area contributed by atoms with E-state index in [-0.39, 0.29) is 0 Å². The first-order valence-electron chi connectivity index (χ1n) is 8.63. The third kappa shape index (κ3) is 2.30. The van der Waals surface area contributed by atoms with E-state index in [4.69, 9.17) is 0 Å². The summed E-state index contributed by atoms with van der Waals surface area (Å²) in [6.45, 7) is 3.47. The highest BCUT2D eigenvalue weighted by Crippen LogP contribution is 2.49. The topological polar surface area (TPSA) is 12.0 Å². The average Bonchev–Trinajstić information content (AvgIpc) is 3.19. The molecule has 2 saturated carbocycles. The van der Waals surface area contributed by atoms with E-state index in [1.807, 2.05) is 0 Å². The monoisotopic (exact) mass is 269 g/mol. The number of hydrogen-bond acceptors (Lipinski definition) is 1. The molecule has 3 aliphatic rings. The van der Waals surface area contributed by atoms with Crippen molar-refractivity contribution in [1.29, 1.82) is 0 Å². The summed E-state index contributed by atoms with van der Waals surface area (Å²) in [5, 5.41) is 3.82. The molecule has 0 spiro atoms. The molecule has 0 radical (unpaired) electrons. The van der Waals surface area contributed by atoms with E-state index < -0.39 is 0 Å². The molecule has 0 saturated heterocycles. The van der Waals surface area contributed by atoms with Crippen LogP contribution >= 0.6 is 0 Å². The number of benzene rings is 1. The molecule has 2 fully saturated rings. The predicted octanol–water partition coefficient (Wildman–Crippen LogP) is 4.09. The summed E-state index contributed by atoms with van der Waals surface area (Å²) in [5.74, 6) is 3.04. The van der Waals surface area contributed by atoms with Crippen LogP contribution in [-0.2, 0) is 19.4 Å². The second kappa shape index (κ2) is 5.18. The highest BCUT2D eigenvalue weighted by molar-refractivity contribution is 5.35. The van der Waals surface area contributed by atoms with Crippen LogP contribution in [0.5, 0.6) is 0 Å². The van der Waals surface area contributed by atoms with Gasteiger partial charge in [-0.05, 0) is 79.9 Å². The van der Waals surface area contributed by atoms with Gasteiger partial charge in [-0.2, -0.15) is 0 Å². The van der Waals surface area contributed by atoms with Gasteiger partial charge in [-0.15, -0.1) is 0 Å². The molecule has 0 aromatic heterocycles. The van der Waals surface area contributed by atoms with Gasteiger partial charge in [0.2, 0.25) is 0 Å². The van der Waals surface area contributed by atoms with Gasteiger partial charge in [0, 0.05) is 12.6 Å². The summed E-state index contributed by atoms with van der Waals surface area (Å²) >= 11 is 0. The van der Waals surface area contributed by atoms with Crippen LogP contribution in [0.15, 0.2) is 18.2 Å². The first-order valence-corrected chi connectivity index (χ1v) is 8.63. The largest absolute Gasteiger partial charge is 0.310 e. The number of rotatable bonds is 4. The molecule has 1 aromatic carbocycles. The van der Waals surface area contributed by atoms with Crippen LogP contribution in [0.4, 0.5) is 0 Å². The number of nitrogens with one attached hydrogen (secondary N) is 1. The highest BCUT2D eigenvalue weighted by Gasteiger charge is 2.41. The lowest BCUT2D eigenvalue weighted by molar-refractivity contribution is 0.259. The summed E-state index contributed by atoms with van der Waals surface area (Å²) in [4.78, 5) is 0. The molecule has 1 nitrogen and oxygen atoms in total. The fourth-order valence-corrected chi connectivity index (χ4v) is 5.07. The minimum absolute atomic E-state index is 0.693. The molecule has 0 amide bonds. The summed E-state index contributed by atoms with van der Waals surface area (Å²) in [6, 6.07) is 7.84. The van der Waals surface area contributed by atoms with E-state index in [1.165, 1.54) is 50.5 Å². The SMILES string of the molecule is CC(NCc1ccc2c(c1)CCC2)C1CC2CCC1C2. The molecule has 4 rings (SSSR count). The zero-order valence-corrected chi connectivity index (χ0v) is 12.7. The van der Waals surface area contributed by atoms with Gasteiger partial charge in [-0.3, -0.25) is 0 Å². The second-order valence-electron chi connectivity index (χ2n) is 7.46. The van der Waals surface area contributed by atoms with Crippen LogP contribution in [-0.4, -0.2) is 6.04 Å². The Morgan fingerprint density at radius 2 is 2.05 bits per heavy atom. The van der Waals surface area contributed by atoms with Crippen molar-refractivity contribution >= 4 is 0 Å². The van der Waals surface area contributed by atoms with Crippen molar-refractivity contribution in [3.05, 3.63) is 34.9 Å². The van der Waals surface area contributed by atoms with Crippen LogP contribution in [0.25, 0.3) is 0 Å². The Bertz CT molecular complexity index is 493.